The summed E-state index contributed by atoms with van der Waals surface area (Å²) in [7, 11) is 1.70. The molecule has 25 heavy (non-hydrogen) atoms. The lowest BCUT2D eigenvalue weighted by molar-refractivity contribution is -0.106. The highest BCUT2D eigenvalue weighted by atomic mass is 16.5. The Balaban J connectivity index is 1.99. The predicted octanol–water partition coefficient (Wildman–Crippen LogP) is 2.79. The number of hydrogen-bond acceptors (Lipinski definition) is 6. The van der Waals surface area contributed by atoms with Gasteiger partial charge in [-0.05, 0) is 39.8 Å². The summed E-state index contributed by atoms with van der Waals surface area (Å²) in [4.78, 5) is 16.0. The van der Waals surface area contributed by atoms with Gasteiger partial charge in [0.15, 0.2) is 5.82 Å². The van der Waals surface area contributed by atoms with Gasteiger partial charge in [-0.3, -0.25) is 4.98 Å². The number of pyridine rings is 1. The van der Waals surface area contributed by atoms with Crippen molar-refractivity contribution in [3.05, 3.63) is 35.8 Å². The lowest BCUT2D eigenvalue weighted by Crippen LogP contribution is -2.54. The SMILES string of the molecule is COC[C@@H]1CN(c2nc(-c3cccnc3)nc(C)c2C)CC(C)(C)O1. The Kier molecular flexibility index (Phi) is 5.01. The van der Waals surface area contributed by atoms with Crippen LogP contribution >= 0.6 is 0 Å². The number of anilines is 1. The topological polar surface area (TPSA) is 60.4 Å². The van der Waals surface area contributed by atoms with Crippen LogP contribution in [0.3, 0.4) is 0 Å². The summed E-state index contributed by atoms with van der Waals surface area (Å²) in [5, 5.41) is 0. The minimum absolute atomic E-state index is 0.0188. The van der Waals surface area contributed by atoms with Crippen LogP contribution < -0.4 is 4.90 Å². The Bertz CT molecular complexity index is 734. The van der Waals surface area contributed by atoms with Crippen molar-refractivity contribution in [3.63, 3.8) is 0 Å². The molecule has 1 aliphatic heterocycles. The summed E-state index contributed by atoms with van der Waals surface area (Å²) in [5.74, 6) is 1.67. The normalized spacial score (nSPS) is 19.9. The smallest absolute Gasteiger partial charge is 0.163 e. The first-order valence-electron chi connectivity index (χ1n) is 8.57. The van der Waals surface area contributed by atoms with Crippen LogP contribution in [0, 0.1) is 13.8 Å². The number of morpholine rings is 1. The zero-order valence-electron chi connectivity index (χ0n) is 15.6. The highest BCUT2D eigenvalue weighted by Crippen LogP contribution is 2.29. The lowest BCUT2D eigenvalue weighted by Gasteiger charge is -2.43. The van der Waals surface area contributed by atoms with E-state index in [1.807, 2.05) is 19.1 Å². The van der Waals surface area contributed by atoms with E-state index in [0.29, 0.717) is 12.4 Å². The molecule has 1 saturated heterocycles. The van der Waals surface area contributed by atoms with Crippen molar-refractivity contribution in [1.29, 1.82) is 0 Å². The first-order valence-corrected chi connectivity index (χ1v) is 8.57. The van der Waals surface area contributed by atoms with Crippen LogP contribution in [0.1, 0.15) is 25.1 Å². The number of ether oxygens (including phenoxy) is 2. The Morgan fingerprint density at radius 2 is 2.12 bits per heavy atom. The first kappa shape index (κ1) is 17.8. The molecule has 3 heterocycles. The Morgan fingerprint density at radius 3 is 2.80 bits per heavy atom. The first-order chi connectivity index (χ1) is 11.9. The minimum Gasteiger partial charge on any atom is -0.382 e. The van der Waals surface area contributed by atoms with Crippen LogP contribution in [0.25, 0.3) is 11.4 Å². The van der Waals surface area contributed by atoms with E-state index in [-0.39, 0.29) is 11.7 Å². The molecule has 0 radical (unpaired) electrons. The van der Waals surface area contributed by atoms with Gasteiger partial charge in [0.25, 0.3) is 0 Å². The van der Waals surface area contributed by atoms with Crippen molar-refractivity contribution in [2.24, 2.45) is 0 Å². The summed E-state index contributed by atoms with van der Waals surface area (Å²) >= 11 is 0. The van der Waals surface area contributed by atoms with Crippen LogP contribution in [0.5, 0.6) is 0 Å². The van der Waals surface area contributed by atoms with Crippen molar-refractivity contribution in [2.45, 2.75) is 39.4 Å². The molecule has 1 fully saturated rings. The molecule has 0 aliphatic carbocycles. The van der Waals surface area contributed by atoms with Gasteiger partial charge < -0.3 is 14.4 Å². The molecule has 134 valence electrons. The molecule has 2 aromatic rings. The van der Waals surface area contributed by atoms with Crippen LogP contribution in [0.4, 0.5) is 5.82 Å². The van der Waals surface area contributed by atoms with Gasteiger partial charge in [-0.1, -0.05) is 0 Å². The highest BCUT2D eigenvalue weighted by Gasteiger charge is 2.35. The molecule has 0 bridgehead atoms. The molecule has 1 aliphatic rings. The fourth-order valence-corrected chi connectivity index (χ4v) is 3.28. The van der Waals surface area contributed by atoms with Crippen molar-refractivity contribution in [3.8, 4) is 11.4 Å². The van der Waals surface area contributed by atoms with E-state index in [1.54, 1.807) is 19.5 Å². The molecule has 0 aromatic carbocycles. The lowest BCUT2D eigenvalue weighted by atomic mass is 10.0. The third-order valence-electron chi connectivity index (χ3n) is 4.42. The monoisotopic (exact) mass is 342 g/mol. The number of aromatic nitrogens is 3. The van der Waals surface area contributed by atoms with Gasteiger partial charge in [-0.25, -0.2) is 9.97 Å². The molecular weight excluding hydrogens is 316 g/mol. The molecule has 0 spiro atoms. The fourth-order valence-electron chi connectivity index (χ4n) is 3.28. The summed E-state index contributed by atoms with van der Waals surface area (Å²) in [6.45, 7) is 10.4. The minimum atomic E-state index is -0.263. The van der Waals surface area contributed by atoms with Gasteiger partial charge in [-0.15, -0.1) is 0 Å². The molecule has 6 nitrogen and oxygen atoms in total. The maximum atomic E-state index is 6.13. The quantitative estimate of drug-likeness (QED) is 0.851. The van der Waals surface area contributed by atoms with Gasteiger partial charge in [-0.2, -0.15) is 0 Å². The van der Waals surface area contributed by atoms with E-state index < -0.39 is 0 Å². The third kappa shape index (κ3) is 3.96. The van der Waals surface area contributed by atoms with Gasteiger partial charge in [0.1, 0.15) is 5.82 Å². The van der Waals surface area contributed by atoms with Crippen molar-refractivity contribution in [2.75, 3.05) is 31.7 Å². The predicted molar refractivity (Wildman–Crippen MR) is 97.8 cm³/mol. The number of methoxy groups -OCH3 is 1. The van der Waals surface area contributed by atoms with Gasteiger partial charge in [0.05, 0.1) is 18.3 Å². The maximum Gasteiger partial charge on any atom is 0.163 e. The molecule has 2 aromatic heterocycles. The van der Waals surface area contributed by atoms with Crippen LogP contribution in [-0.4, -0.2) is 53.5 Å². The second kappa shape index (κ2) is 7.06. The van der Waals surface area contributed by atoms with E-state index >= 15 is 0 Å². The molecule has 3 rings (SSSR count). The molecule has 0 unspecified atom stereocenters. The zero-order chi connectivity index (χ0) is 18.0. The van der Waals surface area contributed by atoms with Crippen LogP contribution in [0.2, 0.25) is 0 Å². The van der Waals surface area contributed by atoms with Crippen LogP contribution in [-0.2, 0) is 9.47 Å². The summed E-state index contributed by atoms with van der Waals surface area (Å²) < 4.78 is 11.4. The standard InChI is InChI=1S/C19H26N4O2/c1-13-14(2)21-17(15-7-6-8-20-9-15)22-18(13)23-10-16(11-24-5)25-19(3,4)12-23/h6-9,16H,10-12H2,1-5H3/t16-/m0/s1. The third-order valence-corrected chi connectivity index (χ3v) is 4.42. The fraction of sp³-hybridized carbons (Fsp3) is 0.526. The Labute approximate surface area is 149 Å². The van der Waals surface area contributed by atoms with Gasteiger partial charge in [0.2, 0.25) is 0 Å². The summed E-state index contributed by atoms with van der Waals surface area (Å²) in [6.07, 6.45) is 3.57. The molecule has 1 atom stereocenters. The highest BCUT2D eigenvalue weighted by molar-refractivity contribution is 5.59. The Morgan fingerprint density at radius 1 is 1.32 bits per heavy atom. The van der Waals surface area contributed by atoms with Crippen molar-refractivity contribution >= 4 is 5.82 Å². The average Bonchev–Trinajstić information content (AvgIpc) is 2.57. The molecule has 6 heteroatoms. The average molecular weight is 342 g/mol. The number of rotatable bonds is 4. The maximum absolute atomic E-state index is 6.13. The van der Waals surface area contributed by atoms with Crippen LogP contribution in [0.15, 0.2) is 24.5 Å². The van der Waals surface area contributed by atoms with Crippen molar-refractivity contribution < 1.29 is 9.47 Å². The van der Waals surface area contributed by atoms with Gasteiger partial charge in [0, 0.05) is 49.4 Å². The molecule has 0 N–H and O–H groups in total. The number of nitrogens with zero attached hydrogens (tertiary/aromatic N) is 4. The van der Waals surface area contributed by atoms with E-state index in [2.05, 4.69) is 35.6 Å². The molecule has 0 saturated carbocycles. The molecular formula is C19H26N4O2. The Hall–Kier alpha value is -2.05. The van der Waals surface area contributed by atoms with E-state index in [9.17, 15) is 0 Å². The van der Waals surface area contributed by atoms with Crippen molar-refractivity contribution in [1.82, 2.24) is 15.0 Å². The van der Waals surface area contributed by atoms with Gasteiger partial charge >= 0.3 is 0 Å². The zero-order valence-corrected chi connectivity index (χ0v) is 15.6. The summed E-state index contributed by atoms with van der Waals surface area (Å²) in [5.41, 5.74) is 2.74. The largest absolute Gasteiger partial charge is 0.382 e. The number of hydrogen-bond donors (Lipinski definition) is 0. The second-order valence-corrected chi connectivity index (χ2v) is 7.16. The summed E-state index contributed by atoms with van der Waals surface area (Å²) in [6, 6.07) is 3.89. The van der Waals surface area contributed by atoms with E-state index in [4.69, 9.17) is 14.5 Å². The number of aryl methyl sites for hydroxylation is 1. The molecule has 0 amide bonds. The second-order valence-electron chi connectivity index (χ2n) is 7.16. The van der Waals surface area contributed by atoms with E-state index in [0.717, 1.165) is 35.7 Å². The van der Waals surface area contributed by atoms with E-state index in [1.165, 1.54) is 0 Å².